The van der Waals surface area contributed by atoms with E-state index in [9.17, 15) is 4.79 Å². The fourth-order valence-corrected chi connectivity index (χ4v) is 5.92. The van der Waals surface area contributed by atoms with Crippen molar-refractivity contribution in [2.24, 2.45) is 0 Å². The molecule has 1 amide bonds. The highest BCUT2D eigenvalue weighted by Crippen LogP contribution is 2.41. The second-order valence-electron chi connectivity index (χ2n) is 10.9. The van der Waals surface area contributed by atoms with Crippen LogP contribution in [0.15, 0.2) is 36.3 Å². The molecule has 40 heavy (non-hydrogen) atoms. The highest BCUT2D eigenvalue weighted by Gasteiger charge is 2.30. The maximum atomic E-state index is 12.4. The van der Waals surface area contributed by atoms with E-state index in [1.165, 1.54) is 4.88 Å². The van der Waals surface area contributed by atoms with Crippen molar-refractivity contribution in [3.63, 3.8) is 0 Å². The Morgan fingerprint density at radius 3 is 2.58 bits per heavy atom. The Bertz CT molecular complexity index is 1370. The lowest BCUT2D eigenvalue weighted by atomic mass is 10.0. The number of nitrogens with one attached hydrogen (secondary N) is 2. The van der Waals surface area contributed by atoms with Crippen molar-refractivity contribution in [2.75, 3.05) is 32.1 Å². The minimum atomic E-state index is -0.479. The minimum Gasteiger partial charge on any atom is -0.496 e. The molecule has 0 atom stereocenters. The topological polar surface area (TPSA) is 91.9 Å². The van der Waals surface area contributed by atoms with Gasteiger partial charge in [0.05, 0.1) is 35.8 Å². The Balaban J connectivity index is 0.00000181. The lowest BCUT2D eigenvalue weighted by Gasteiger charge is -2.37. The highest BCUT2D eigenvalue weighted by molar-refractivity contribution is 7.19. The summed E-state index contributed by atoms with van der Waals surface area (Å²) in [4.78, 5) is 24.9. The molecule has 0 aliphatic carbocycles. The third-order valence-electron chi connectivity index (χ3n) is 6.76. The van der Waals surface area contributed by atoms with Gasteiger partial charge in [-0.05, 0) is 59.1 Å². The van der Waals surface area contributed by atoms with Crippen LogP contribution in [0.1, 0.15) is 57.9 Å². The van der Waals surface area contributed by atoms with Crippen molar-refractivity contribution in [1.29, 1.82) is 0 Å². The van der Waals surface area contributed by atoms with E-state index in [2.05, 4.69) is 59.0 Å². The number of carbonyl (C=O) groups excluding carboxylic acids is 1. The monoisotopic (exact) mass is 566 g/mol. The second-order valence-corrected chi connectivity index (χ2v) is 12.1. The summed E-state index contributed by atoms with van der Waals surface area (Å²) in [6.45, 7) is 15.9. The van der Waals surface area contributed by atoms with E-state index in [0.717, 1.165) is 51.2 Å². The Kier molecular flexibility index (Phi) is 9.20. The maximum Gasteiger partial charge on any atom is 0.410 e. The largest absolute Gasteiger partial charge is 0.496 e. The smallest absolute Gasteiger partial charge is 0.410 e. The van der Waals surface area contributed by atoms with Crippen molar-refractivity contribution in [3.8, 4) is 16.9 Å². The number of thiophene rings is 1. The van der Waals surface area contributed by atoms with Crippen molar-refractivity contribution in [2.45, 2.75) is 73.0 Å². The molecule has 2 aromatic heterocycles. The van der Waals surface area contributed by atoms with E-state index in [-0.39, 0.29) is 6.09 Å². The first-order chi connectivity index (χ1) is 19.1. The van der Waals surface area contributed by atoms with Crippen molar-refractivity contribution >= 4 is 33.6 Å². The SMILES string of the molecule is CC.COc1cc(C)ccc1-c1c(C)sc2cnc(NC3=CN(C4CCN(C(=O)OC(C)(C)C)CC4)NC3)nc12. The molecule has 0 unspecified atom stereocenters. The number of carbonyl (C=O) groups is 1. The summed E-state index contributed by atoms with van der Waals surface area (Å²) < 4.78 is 12.3. The number of aromatic nitrogens is 2. The van der Waals surface area contributed by atoms with Crippen LogP contribution in [0.25, 0.3) is 21.3 Å². The van der Waals surface area contributed by atoms with Gasteiger partial charge in [-0.2, -0.15) is 0 Å². The number of anilines is 1. The van der Waals surface area contributed by atoms with Gasteiger partial charge in [-0.3, -0.25) is 0 Å². The number of methoxy groups -OCH3 is 1. The van der Waals surface area contributed by atoms with Crippen molar-refractivity contribution in [3.05, 3.63) is 46.7 Å². The first kappa shape index (κ1) is 29.6. The third kappa shape index (κ3) is 6.67. The fraction of sp³-hybridized carbons (Fsp3) is 0.500. The second kappa shape index (κ2) is 12.4. The van der Waals surface area contributed by atoms with Gasteiger partial charge in [0.15, 0.2) is 0 Å². The zero-order valence-corrected chi connectivity index (χ0v) is 25.7. The molecule has 3 aromatic rings. The van der Waals surface area contributed by atoms with Gasteiger partial charge in [0.1, 0.15) is 11.4 Å². The first-order valence-corrected chi connectivity index (χ1v) is 14.8. The number of amides is 1. The minimum absolute atomic E-state index is 0.234. The number of nitrogens with zero attached hydrogens (tertiary/aromatic N) is 4. The number of fused-ring (bicyclic) bond motifs is 1. The molecule has 0 saturated carbocycles. The number of ether oxygens (including phenoxy) is 2. The van der Waals surface area contributed by atoms with E-state index < -0.39 is 5.60 Å². The van der Waals surface area contributed by atoms with Gasteiger partial charge in [0, 0.05) is 41.3 Å². The van der Waals surface area contributed by atoms with Crippen LogP contribution in [0, 0.1) is 13.8 Å². The van der Waals surface area contributed by atoms with Gasteiger partial charge >= 0.3 is 6.09 Å². The zero-order chi connectivity index (χ0) is 29.0. The van der Waals surface area contributed by atoms with Crippen molar-refractivity contribution < 1.29 is 14.3 Å². The molecule has 9 nitrogen and oxygen atoms in total. The molecule has 0 radical (unpaired) electrons. The summed E-state index contributed by atoms with van der Waals surface area (Å²) in [6, 6.07) is 6.56. The number of hydrogen-bond acceptors (Lipinski definition) is 9. The predicted octanol–water partition coefficient (Wildman–Crippen LogP) is 6.48. The van der Waals surface area contributed by atoms with E-state index >= 15 is 0 Å². The summed E-state index contributed by atoms with van der Waals surface area (Å²) in [6.07, 6.45) is 5.48. The molecule has 2 aliphatic heterocycles. The van der Waals surface area contributed by atoms with E-state index in [1.54, 1.807) is 23.3 Å². The molecule has 10 heteroatoms. The van der Waals surface area contributed by atoms with Gasteiger partial charge in [-0.15, -0.1) is 11.3 Å². The predicted molar refractivity (Wildman–Crippen MR) is 163 cm³/mol. The summed E-state index contributed by atoms with van der Waals surface area (Å²) in [7, 11) is 1.71. The first-order valence-electron chi connectivity index (χ1n) is 14.0. The van der Waals surface area contributed by atoms with Gasteiger partial charge in [0.25, 0.3) is 0 Å². The Hall–Kier alpha value is -3.37. The summed E-state index contributed by atoms with van der Waals surface area (Å²) in [5.74, 6) is 1.41. The van der Waals surface area contributed by atoms with Crippen LogP contribution >= 0.6 is 11.3 Å². The van der Waals surface area contributed by atoms with Gasteiger partial charge in [-0.25, -0.2) is 20.2 Å². The van der Waals surface area contributed by atoms with E-state index in [1.807, 2.05) is 40.8 Å². The average molecular weight is 567 g/mol. The van der Waals surface area contributed by atoms with Crippen LogP contribution in [0.2, 0.25) is 0 Å². The molecule has 2 N–H and O–H groups in total. The molecule has 0 spiro atoms. The Morgan fingerprint density at radius 2 is 1.90 bits per heavy atom. The number of hydrazine groups is 1. The maximum absolute atomic E-state index is 12.4. The lowest BCUT2D eigenvalue weighted by Crippen LogP contribution is -2.48. The van der Waals surface area contributed by atoms with Crippen LogP contribution in [0.3, 0.4) is 0 Å². The Morgan fingerprint density at radius 1 is 1.18 bits per heavy atom. The van der Waals surface area contributed by atoms with E-state index in [0.29, 0.717) is 31.6 Å². The molecular formula is C30H42N6O3S. The average Bonchev–Trinajstić information content (AvgIpc) is 3.52. The molecule has 1 saturated heterocycles. The van der Waals surface area contributed by atoms with Crippen LogP contribution in [-0.2, 0) is 4.74 Å². The van der Waals surface area contributed by atoms with Crippen molar-refractivity contribution in [1.82, 2.24) is 25.3 Å². The quantitative estimate of drug-likeness (QED) is 0.362. The van der Waals surface area contributed by atoms with E-state index in [4.69, 9.17) is 14.5 Å². The molecular weight excluding hydrogens is 524 g/mol. The number of rotatable bonds is 5. The summed E-state index contributed by atoms with van der Waals surface area (Å²) >= 11 is 1.69. The zero-order valence-electron chi connectivity index (χ0n) is 24.9. The molecule has 5 rings (SSSR count). The van der Waals surface area contributed by atoms with Crippen LogP contribution < -0.4 is 15.5 Å². The molecule has 216 valence electrons. The van der Waals surface area contributed by atoms with Crippen LogP contribution in [0.4, 0.5) is 10.7 Å². The summed E-state index contributed by atoms with van der Waals surface area (Å²) in [5, 5.41) is 5.55. The van der Waals surface area contributed by atoms with Gasteiger partial charge in [-0.1, -0.05) is 26.0 Å². The summed E-state index contributed by atoms with van der Waals surface area (Å²) in [5.41, 5.74) is 8.17. The number of benzene rings is 1. The number of likely N-dealkylation sites (tertiary alicyclic amines) is 1. The molecule has 0 bridgehead atoms. The van der Waals surface area contributed by atoms with Gasteiger partial charge in [0.2, 0.25) is 5.95 Å². The third-order valence-corrected chi connectivity index (χ3v) is 7.79. The highest BCUT2D eigenvalue weighted by atomic mass is 32.1. The van der Waals surface area contributed by atoms with Crippen LogP contribution in [0.5, 0.6) is 5.75 Å². The standard InChI is InChI=1S/C28H36N6O3S.C2H6/c1-17-7-8-21(22(13-17)36-6)24-18(2)38-23-15-29-26(32-25(23)24)31-19-14-30-34(16-19)20-9-11-33(12-10-20)27(35)37-28(3,4)5;1-2/h7-8,13,15-16,20,30H,9-12,14H2,1-6H3,(H,29,31,32);1-2H3. The number of hydrogen-bond donors (Lipinski definition) is 2. The molecule has 1 fully saturated rings. The number of piperidine rings is 1. The number of aryl methyl sites for hydroxylation is 2. The Labute approximate surface area is 241 Å². The fourth-order valence-electron chi connectivity index (χ4n) is 4.93. The molecule has 4 heterocycles. The normalized spacial score (nSPS) is 15.9. The molecule has 2 aliphatic rings. The molecule has 1 aromatic carbocycles. The van der Waals surface area contributed by atoms with Crippen LogP contribution in [-0.4, -0.2) is 64.4 Å². The van der Waals surface area contributed by atoms with Gasteiger partial charge < -0.3 is 24.7 Å². The lowest BCUT2D eigenvalue weighted by molar-refractivity contribution is 0.0151.